The second kappa shape index (κ2) is 3.46. The molecule has 1 nitrogen and oxygen atoms in total. The van der Waals surface area contributed by atoms with Gasteiger partial charge < -0.3 is 5.73 Å². The standard InChI is InChI=1S/C8H7F6N/c9-7(10,11)4-1-5(8(12,13)14)3-6(15)2-4/h2-4H,1,15H2/t4-/m1/s1. The summed E-state index contributed by atoms with van der Waals surface area (Å²) < 4.78 is 73.0. The maximum atomic E-state index is 12.2. The minimum Gasteiger partial charge on any atom is -0.399 e. The van der Waals surface area contributed by atoms with Gasteiger partial charge >= 0.3 is 12.4 Å². The van der Waals surface area contributed by atoms with E-state index in [1.807, 2.05) is 0 Å². The van der Waals surface area contributed by atoms with E-state index in [-0.39, 0.29) is 0 Å². The SMILES string of the molecule is NC1=C[C@H](C(F)(F)F)CC(C(F)(F)F)=C1. The van der Waals surface area contributed by atoms with Crippen molar-refractivity contribution in [3.05, 3.63) is 23.4 Å². The van der Waals surface area contributed by atoms with Crippen LogP contribution in [0, 0.1) is 5.92 Å². The van der Waals surface area contributed by atoms with Crippen LogP contribution in [0.15, 0.2) is 23.4 Å². The van der Waals surface area contributed by atoms with E-state index in [0.717, 1.165) is 0 Å². The molecule has 0 saturated heterocycles. The van der Waals surface area contributed by atoms with Gasteiger partial charge in [0, 0.05) is 11.3 Å². The molecule has 0 aromatic carbocycles. The Morgan fingerprint density at radius 2 is 1.67 bits per heavy atom. The van der Waals surface area contributed by atoms with E-state index in [1.165, 1.54) is 0 Å². The second-order valence-corrected chi connectivity index (χ2v) is 3.19. The van der Waals surface area contributed by atoms with Crippen LogP contribution >= 0.6 is 0 Å². The summed E-state index contributed by atoms with van der Waals surface area (Å²) in [6, 6.07) is 0. The summed E-state index contributed by atoms with van der Waals surface area (Å²) in [4.78, 5) is 0. The maximum absolute atomic E-state index is 12.2. The van der Waals surface area contributed by atoms with Crippen LogP contribution in [-0.4, -0.2) is 12.4 Å². The van der Waals surface area contributed by atoms with E-state index >= 15 is 0 Å². The van der Waals surface area contributed by atoms with Crippen molar-refractivity contribution in [1.82, 2.24) is 0 Å². The van der Waals surface area contributed by atoms with Crippen molar-refractivity contribution >= 4 is 0 Å². The molecule has 0 bridgehead atoms. The van der Waals surface area contributed by atoms with E-state index in [9.17, 15) is 26.3 Å². The fourth-order valence-electron chi connectivity index (χ4n) is 1.24. The predicted molar refractivity (Wildman–Crippen MR) is 40.6 cm³/mol. The highest BCUT2D eigenvalue weighted by molar-refractivity contribution is 5.30. The smallest absolute Gasteiger partial charge is 0.399 e. The third-order valence-corrected chi connectivity index (χ3v) is 1.96. The van der Waals surface area contributed by atoms with Gasteiger partial charge in [0.15, 0.2) is 0 Å². The van der Waals surface area contributed by atoms with Gasteiger partial charge in [0.1, 0.15) is 0 Å². The molecule has 0 radical (unpaired) electrons. The van der Waals surface area contributed by atoms with E-state index < -0.39 is 36.0 Å². The zero-order chi connectivity index (χ0) is 11.9. The molecule has 0 aromatic heterocycles. The van der Waals surface area contributed by atoms with E-state index in [1.54, 1.807) is 0 Å². The summed E-state index contributed by atoms with van der Waals surface area (Å²) in [5.74, 6) is -2.15. The highest BCUT2D eigenvalue weighted by atomic mass is 19.4. The van der Waals surface area contributed by atoms with Gasteiger partial charge in [0.2, 0.25) is 0 Å². The van der Waals surface area contributed by atoms with Crippen molar-refractivity contribution in [3.8, 4) is 0 Å². The second-order valence-electron chi connectivity index (χ2n) is 3.19. The lowest BCUT2D eigenvalue weighted by molar-refractivity contribution is -0.166. The zero-order valence-electron chi connectivity index (χ0n) is 7.28. The molecule has 1 aliphatic carbocycles. The fourth-order valence-corrected chi connectivity index (χ4v) is 1.24. The predicted octanol–water partition coefficient (Wildman–Crippen LogP) is 2.90. The Labute approximate surface area is 81.2 Å². The van der Waals surface area contributed by atoms with Crippen LogP contribution in [0.1, 0.15) is 6.42 Å². The van der Waals surface area contributed by atoms with Gasteiger partial charge in [-0.05, 0) is 18.6 Å². The van der Waals surface area contributed by atoms with E-state index in [4.69, 9.17) is 5.73 Å². The average molecular weight is 231 g/mol. The molecule has 0 saturated carbocycles. The monoisotopic (exact) mass is 231 g/mol. The molecule has 15 heavy (non-hydrogen) atoms. The van der Waals surface area contributed by atoms with Crippen LogP contribution in [0.3, 0.4) is 0 Å². The third kappa shape index (κ3) is 2.90. The molecular formula is C8H7F6N. The van der Waals surface area contributed by atoms with Gasteiger partial charge in [-0.1, -0.05) is 0 Å². The van der Waals surface area contributed by atoms with Gasteiger partial charge in [-0.15, -0.1) is 0 Å². The molecule has 0 aromatic rings. The van der Waals surface area contributed by atoms with Crippen LogP contribution in [0.5, 0.6) is 0 Å². The van der Waals surface area contributed by atoms with Crippen molar-refractivity contribution in [1.29, 1.82) is 0 Å². The van der Waals surface area contributed by atoms with Crippen LogP contribution in [0.25, 0.3) is 0 Å². The Morgan fingerprint density at radius 1 is 1.13 bits per heavy atom. The minimum absolute atomic E-state index is 0.504. The van der Waals surface area contributed by atoms with Crippen LogP contribution in [-0.2, 0) is 0 Å². The number of hydrogen-bond acceptors (Lipinski definition) is 1. The molecule has 7 heteroatoms. The lowest BCUT2D eigenvalue weighted by atomic mass is 9.92. The molecule has 2 N–H and O–H groups in total. The summed E-state index contributed by atoms with van der Waals surface area (Å²) >= 11 is 0. The summed E-state index contributed by atoms with van der Waals surface area (Å²) in [7, 11) is 0. The average Bonchev–Trinajstić information content (AvgIpc) is 1.99. The fraction of sp³-hybridized carbons (Fsp3) is 0.500. The number of hydrogen-bond donors (Lipinski definition) is 1. The number of rotatable bonds is 0. The number of halogens is 6. The minimum atomic E-state index is -4.76. The Kier molecular flexibility index (Phi) is 2.75. The van der Waals surface area contributed by atoms with Crippen LogP contribution in [0.4, 0.5) is 26.3 Å². The van der Waals surface area contributed by atoms with E-state index in [0.29, 0.717) is 12.2 Å². The molecule has 0 unspecified atom stereocenters. The van der Waals surface area contributed by atoms with Crippen molar-refractivity contribution in [2.45, 2.75) is 18.8 Å². The molecule has 1 atom stereocenters. The van der Waals surface area contributed by atoms with Crippen LogP contribution < -0.4 is 5.73 Å². The Morgan fingerprint density at radius 3 is 2.07 bits per heavy atom. The summed E-state index contributed by atoms with van der Waals surface area (Å²) in [6.45, 7) is 0. The van der Waals surface area contributed by atoms with Crippen molar-refractivity contribution in [2.75, 3.05) is 0 Å². The maximum Gasteiger partial charge on any atom is 0.412 e. The molecule has 86 valence electrons. The molecular weight excluding hydrogens is 224 g/mol. The molecule has 0 fully saturated rings. The third-order valence-electron chi connectivity index (χ3n) is 1.96. The lowest BCUT2D eigenvalue weighted by Crippen LogP contribution is -2.28. The largest absolute Gasteiger partial charge is 0.412 e. The van der Waals surface area contributed by atoms with Crippen molar-refractivity contribution in [2.24, 2.45) is 11.7 Å². The van der Waals surface area contributed by atoms with Gasteiger partial charge in [-0.25, -0.2) is 0 Å². The molecule has 1 aliphatic rings. The first-order valence-corrected chi connectivity index (χ1v) is 3.92. The lowest BCUT2D eigenvalue weighted by Gasteiger charge is -2.23. The Hall–Kier alpha value is -1.14. The summed E-state index contributed by atoms with van der Waals surface area (Å²) in [6.07, 6.45) is -9.44. The number of alkyl halides is 6. The summed E-state index contributed by atoms with van der Waals surface area (Å²) in [5, 5.41) is 0. The van der Waals surface area contributed by atoms with Crippen molar-refractivity contribution < 1.29 is 26.3 Å². The quantitative estimate of drug-likeness (QED) is 0.637. The molecule has 0 aliphatic heterocycles. The molecule has 0 heterocycles. The van der Waals surface area contributed by atoms with Gasteiger partial charge in [0.25, 0.3) is 0 Å². The molecule has 0 spiro atoms. The van der Waals surface area contributed by atoms with E-state index in [2.05, 4.69) is 0 Å². The number of nitrogens with two attached hydrogens (primary N) is 1. The molecule has 0 amide bonds. The topological polar surface area (TPSA) is 26.0 Å². The first kappa shape index (κ1) is 11.9. The van der Waals surface area contributed by atoms with Crippen LogP contribution in [0.2, 0.25) is 0 Å². The van der Waals surface area contributed by atoms with Gasteiger partial charge in [0.05, 0.1) is 5.92 Å². The first-order chi connectivity index (χ1) is 6.60. The van der Waals surface area contributed by atoms with Gasteiger partial charge in [-0.2, -0.15) is 26.3 Å². The highest BCUT2D eigenvalue weighted by Gasteiger charge is 2.45. The summed E-state index contributed by atoms with van der Waals surface area (Å²) in [5.41, 5.74) is 3.24. The number of allylic oxidation sites excluding steroid dienone is 3. The Bertz CT molecular complexity index is 308. The highest BCUT2D eigenvalue weighted by Crippen LogP contribution is 2.40. The zero-order valence-corrected chi connectivity index (χ0v) is 7.28. The first-order valence-electron chi connectivity index (χ1n) is 3.92. The van der Waals surface area contributed by atoms with Crippen molar-refractivity contribution in [3.63, 3.8) is 0 Å². The molecule has 1 rings (SSSR count). The van der Waals surface area contributed by atoms with Gasteiger partial charge in [-0.3, -0.25) is 0 Å². The normalized spacial score (nSPS) is 23.5. The Balaban J connectivity index is 2.96.